The maximum absolute atomic E-state index is 12.5. The van der Waals surface area contributed by atoms with Crippen LogP contribution in [0, 0.1) is 6.92 Å². The van der Waals surface area contributed by atoms with Gasteiger partial charge in [0.1, 0.15) is 0 Å². The van der Waals surface area contributed by atoms with Gasteiger partial charge in [0.05, 0.1) is 12.2 Å². The van der Waals surface area contributed by atoms with E-state index >= 15 is 0 Å². The number of rotatable bonds is 3. The molecule has 0 atom stereocenters. The van der Waals surface area contributed by atoms with Gasteiger partial charge in [-0.1, -0.05) is 6.07 Å². The quantitative estimate of drug-likeness (QED) is 0.611. The van der Waals surface area contributed by atoms with Crippen LogP contribution in [0.2, 0.25) is 0 Å². The predicted octanol–water partition coefficient (Wildman–Crippen LogP) is 3.59. The molecule has 0 saturated carbocycles. The Balaban J connectivity index is 2.98. The van der Waals surface area contributed by atoms with E-state index in [1.807, 2.05) is 0 Å². The topological polar surface area (TPSA) is 26.3 Å². The normalized spacial score (nSPS) is 11.8. The van der Waals surface area contributed by atoms with Crippen LogP contribution >= 0.6 is 0 Å². The summed E-state index contributed by atoms with van der Waals surface area (Å²) in [6, 6.07) is 3.38. The molecule has 0 fully saturated rings. The molecule has 1 rings (SSSR count). The minimum Gasteiger partial charge on any atom is -0.463 e. The Kier molecular flexibility index (Phi) is 4.53. The molecule has 2 nitrogen and oxygen atoms in total. The van der Waals surface area contributed by atoms with E-state index in [2.05, 4.69) is 4.74 Å². The van der Waals surface area contributed by atoms with E-state index in [9.17, 15) is 18.0 Å². The third-order valence-corrected chi connectivity index (χ3v) is 2.29. The van der Waals surface area contributed by atoms with E-state index < -0.39 is 17.7 Å². The molecule has 0 amide bonds. The first-order chi connectivity index (χ1) is 8.34. The van der Waals surface area contributed by atoms with E-state index in [1.54, 1.807) is 13.8 Å². The Bertz CT molecular complexity index is 462. The van der Waals surface area contributed by atoms with Gasteiger partial charge in [-0.05, 0) is 43.2 Å². The molecule has 5 heteroatoms. The van der Waals surface area contributed by atoms with E-state index in [-0.39, 0.29) is 6.61 Å². The zero-order valence-electron chi connectivity index (χ0n) is 10.0. The number of aryl methyl sites for hydroxylation is 1. The molecule has 0 unspecified atom stereocenters. The van der Waals surface area contributed by atoms with Crippen molar-refractivity contribution in [3.63, 3.8) is 0 Å². The summed E-state index contributed by atoms with van der Waals surface area (Å²) >= 11 is 0. The molecule has 0 bridgehead atoms. The third-order valence-electron chi connectivity index (χ3n) is 2.29. The van der Waals surface area contributed by atoms with Crippen LogP contribution in [0.4, 0.5) is 13.2 Å². The molecule has 0 spiro atoms. The highest BCUT2D eigenvalue weighted by atomic mass is 19.4. The van der Waals surface area contributed by atoms with Gasteiger partial charge < -0.3 is 4.74 Å². The molecule has 0 aliphatic heterocycles. The average Bonchev–Trinajstić information content (AvgIpc) is 2.26. The monoisotopic (exact) mass is 258 g/mol. The Morgan fingerprint density at radius 2 is 2.06 bits per heavy atom. The Morgan fingerprint density at radius 3 is 2.61 bits per heavy atom. The number of hydrogen-bond donors (Lipinski definition) is 0. The summed E-state index contributed by atoms with van der Waals surface area (Å²) in [6.45, 7) is 3.55. The molecule has 1 aromatic rings. The number of carbonyl (C=O) groups is 1. The summed E-state index contributed by atoms with van der Waals surface area (Å²) in [5.74, 6) is -0.575. The largest absolute Gasteiger partial charge is 0.463 e. The summed E-state index contributed by atoms with van der Waals surface area (Å²) < 4.78 is 42.2. The van der Waals surface area contributed by atoms with Crippen LogP contribution in [-0.4, -0.2) is 12.6 Å². The number of carbonyl (C=O) groups excluding carboxylic acids is 1. The standard InChI is InChI=1S/C13H13F3O2/c1-3-18-12(17)7-5-10-8-11(13(14,15)16)6-4-9(10)2/h4-8H,3H2,1-2H3/b7-5+. The first-order valence-electron chi connectivity index (χ1n) is 5.37. The zero-order chi connectivity index (χ0) is 13.8. The maximum atomic E-state index is 12.5. The van der Waals surface area contributed by atoms with E-state index in [0.717, 1.165) is 18.2 Å². The van der Waals surface area contributed by atoms with E-state index in [1.165, 1.54) is 12.1 Å². The summed E-state index contributed by atoms with van der Waals surface area (Å²) in [6.07, 6.45) is -1.95. The van der Waals surface area contributed by atoms with E-state index in [0.29, 0.717) is 11.1 Å². The fourth-order valence-corrected chi connectivity index (χ4v) is 1.34. The van der Waals surface area contributed by atoms with Crippen molar-refractivity contribution in [1.82, 2.24) is 0 Å². The zero-order valence-corrected chi connectivity index (χ0v) is 10.0. The highest BCUT2D eigenvalue weighted by molar-refractivity contribution is 5.87. The van der Waals surface area contributed by atoms with E-state index in [4.69, 9.17) is 0 Å². The van der Waals surface area contributed by atoms with Gasteiger partial charge in [-0.25, -0.2) is 4.79 Å². The molecule has 0 radical (unpaired) electrons. The van der Waals surface area contributed by atoms with Crippen molar-refractivity contribution in [3.05, 3.63) is 41.0 Å². The van der Waals surface area contributed by atoms with Crippen molar-refractivity contribution in [2.24, 2.45) is 0 Å². The first kappa shape index (κ1) is 14.3. The SMILES string of the molecule is CCOC(=O)/C=C/c1cc(C(F)(F)F)ccc1C. The smallest absolute Gasteiger partial charge is 0.416 e. The summed E-state index contributed by atoms with van der Waals surface area (Å²) in [5, 5.41) is 0. The van der Waals surface area contributed by atoms with Crippen LogP contribution in [0.1, 0.15) is 23.6 Å². The van der Waals surface area contributed by atoms with Crippen LogP contribution < -0.4 is 0 Å². The summed E-state index contributed by atoms with van der Waals surface area (Å²) in [4.78, 5) is 11.1. The summed E-state index contributed by atoms with van der Waals surface area (Å²) in [5.41, 5.74) is 0.262. The van der Waals surface area contributed by atoms with Gasteiger partial charge in [0.15, 0.2) is 0 Å². The second kappa shape index (κ2) is 5.71. The lowest BCUT2D eigenvalue weighted by Gasteiger charge is -2.09. The molecule has 0 saturated heterocycles. The van der Waals surface area contributed by atoms with Gasteiger partial charge >= 0.3 is 12.1 Å². The van der Waals surface area contributed by atoms with Gasteiger partial charge in [-0.3, -0.25) is 0 Å². The molecule has 1 aromatic carbocycles. The molecular formula is C13H13F3O2. The molecule has 0 N–H and O–H groups in total. The van der Waals surface area contributed by atoms with Gasteiger partial charge in [-0.2, -0.15) is 13.2 Å². The maximum Gasteiger partial charge on any atom is 0.416 e. The van der Waals surface area contributed by atoms with Crippen molar-refractivity contribution in [3.8, 4) is 0 Å². The van der Waals surface area contributed by atoms with Gasteiger partial charge in [0.2, 0.25) is 0 Å². The highest BCUT2D eigenvalue weighted by Crippen LogP contribution is 2.30. The lowest BCUT2D eigenvalue weighted by molar-refractivity contribution is -0.138. The van der Waals surface area contributed by atoms with Crippen LogP contribution in [-0.2, 0) is 15.7 Å². The fraction of sp³-hybridized carbons (Fsp3) is 0.308. The molecule has 0 aliphatic carbocycles. The minimum absolute atomic E-state index is 0.227. The number of halogens is 3. The Morgan fingerprint density at radius 1 is 1.39 bits per heavy atom. The molecule has 98 valence electrons. The number of alkyl halides is 3. The average molecular weight is 258 g/mol. The lowest BCUT2D eigenvalue weighted by Crippen LogP contribution is -2.05. The van der Waals surface area contributed by atoms with Crippen molar-refractivity contribution < 1.29 is 22.7 Å². The van der Waals surface area contributed by atoms with Crippen molar-refractivity contribution in [2.45, 2.75) is 20.0 Å². The number of esters is 1. The highest BCUT2D eigenvalue weighted by Gasteiger charge is 2.30. The van der Waals surface area contributed by atoms with Gasteiger partial charge in [-0.15, -0.1) is 0 Å². The van der Waals surface area contributed by atoms with Crippen LogP contribution in [0.25, 0.3) is 6.08 Å². The van der Waals surface area contributed by atoms with Crippen LogP contribution in [0.3, 0.4) is 0 Å². The Labute approximate surface area is 103 Å². The minimum atomic E-state index is -4.39. The first-order valence-corrected chi connectivity index (χ1v) is 5.37. The lowest BCUT2D eigenvalue weighted by atomic mass is 10.0. The van der Waals surface area contributed by atoms with Crippen LogP contribution in [0.15, 0.2) is 24.3 Å². The fourth-order valence-electron chi connectivity index (χ4n) is 1.34. The molecule has 0 aromatic heterocycles. The van der Waals surface area contributed by atoms with Crippen molar-refractivity contribution >= 4 is 12.0 Å². The number of ether oxygens (including phenoxy) is 1. The Hall–Kier alpha value is -1.78. The third kappa shape index (κ3) is 3.91. The second-order valence-electron chi connectivity index (χ2n) is 3.65. The van der Waals surface area contributed by atoms with Crippen molar-refractivity contribution in [1.29, 1.82) is 0 Å². The molecule has 0 heterocycles. The molecule has 0 aliphatic rings. The predicted molar refractivity (Wildman–Crippen MR) is 61.8 cm³/mol. The van der Waals surface area contributed by atoms with Crippen molar-refractivity contribution in [2.75, 3.05) is 6.61 Å². The van der Waals surface area contributed by atoms with Gasteiger partial charge in [0, 0.05) is 6.08 Å². The van der Waals surface area contributed by atoms with Gasteiger partial charge in [0.25, 0.3) is 0 Å². The molecule has 18 heavy (non-hydrogen) atoms. The number of benzene rings is 1. The molecular weight excluding hydrogens is 245 g/mol. The second-order valence-corrected chi connectivity index (χ2v) is 3.65. The summed E-state index contributed by atoms with van der Waals surface area (Å²) in [7, 11) is 0. The number of hydrogen-bond acceptors (Lipinski definition) is 2. The van der Waals surface area contributed by atoms with Crippen LogP contribution in [0.5, 0.6) is 0 Å².